The van der Waals surface area contributed by atoms with Gasteiger partial charge in [-0.1, -0.05) is 31.0 Å². The topological polar surface area (TPSA) is 97.9 Å². The summed E-state index contributed by atoms with van der Waals surface area (Å²) < 4.78 is 31.4. The molecule has 36 heavy (non-hydrogen) atoms. The fourth-order valence-electron chi connectivity index (χ4n) is 4.10. The van der Waals surface area contributed by atoms with Gasteiger partial charge in [0.1, 0.15) is 29.9 Å². The molecule has 0 bridgehead atoms. The van der Waals surface area contributed by atoms with Crippen LogP contribution in [0.2, 0.25) is 5.02 Å². The van der Waals surface area contributed by atoms with Gasteiger partial charge in [-0.05, 0) is 43.7 Å². The zero-order chi connectivity index (χ0) is 25.9. The monoisotopic (exact) mass is 514 g/mol. The van der Waals surface area contributed by atoms with Gasteiger partial charge in [0.15, 0.2) is 0 Å². The summed E-state index contributed by atoms with van der Waals surface area (Å²) in [7, 11) is 0. The van der Waals surface area contributed by atoms with Crippen LogP contribution in [0.15, 0.2) is 61.3 Å². The second kappa shape index (κ2) is 10.5. The molecule has 0 fully saturated rings. The van der Waals surface area contributed by atoms with Crippen LogP contribution in [0.5, 0.6) is 0 Å². The smallest absolute Gasteiger partial charge is 0.255 e. The molecule has 1 amide bonds. The number of nitrogens with zero attached hydrogens (tertiary/aromatic N) is 5. The SMILES string of the molecule is CCCc1c(C(=O)N[C@H](C)[C@](O)(Cn2cncn2)c2ccc(F)cc2F)cnn1-c1ccc(Cl)cc1. The number of aliphatic hydroxyl groups is 1. The minimum absolute atomic E-state index is 0.183. The van der Waals surface area contributed by atoms with E-state index in [0.29, 0.717) is 28.8 Å². The molecule has 0 saturated carbocycles. The maximum Gasteiger partial charge on any atom is 0.255 e. The first-order chi connectivity index (χ1) is 17.2. The molecule has 2 aromatic carbocycles. The zero-order valence-corrected chi connectivity index (χ0v) is 20.5. The molecule has 4 aromatic rings. The Morgan fingerprint density at radius 1 is 1.19 bits per heavy atom. The molecule has 0 unspecified atom stereocenters. The number of hydrogen-bond donors (Lipinski definition) is 2. The van der Waals surface area contributed by atoms with Crippen molar-refractivity contribution in [2.24, 2.45) is 0 Å². The number of carbonyl (C=O) groups is 1. The second-order valence-corrected chi connectivity index (χ2v) is 8.92. The number of rotatable bonds is 9. The molecule has 2 heterocycles. The maximum atomic E-state index is 14.8. The van der Waals surface area contributed by atoms with Crippen LogP contribution in [0.4, 0.5) is 8.78 Å². The van der Waals surface area contributed by atoms with Gasteiger partial charge >= 0.3 is 0 Å². The van der Waals surface area contributed by atoms with Gasteiger partial charge in [-0.2, -0.15) is 10.2 Å². The van der Waals surface area contributed by atoms with E-state index in [2.05, 4.69) is 20.5 Å². The standard InChI is InChI=1S/C25H25ClF2N6O2/c1-3-4-23-20(12-30-34(23)19-8-5-17(26)6-9-19)24(35)32-16(2)25(36,13-33-15-29-14-31-33)21-10-7-18(27)11-22(21)28/h5-12,14-16,36H,3-4,13H2,1-2H3,(H,32,35)/t16-,25-/m1/s1. The highest BCUT2D eigenvalue weighted by molar-refractivity contribution is 6.30. The van der Waals surface area contributed by atoms with Crippen LogP contribution in [0.3, 0.4) is 0 Å². The Kier molecular flexibility index (Phi) is 7.46. The lowest BCUT2D eigenvalue weighted by molar-refractivity contribution is -0.0186. The summed E-state index contributed by atoms with van der Waals surface area (Å²) in [6.07, 6.45) is 5.40. The molecule has 2 atom stereocenters. The summed E-state index contributed by atoms with van der Waals surface area (Å²) in [5, 5.41) is 23.4. The first kappa shape index (κ1) is 25.5. The van der Waals surface area contributed by atoms with Crippen molar-refractivity contribution in [3.63, 3.8) is 0 Å². The highest BCUT2D eigenvalue weighted by Crippen LogP contribution is 2.30. The quantitative estimate of drug-likeness (QED) is 0.351. The predicted molar refractivity (Wildman–Crippen MR) is 130 cm³/mol. The largest absolute Gasteiger partial charge is 0.381 e. The molecule has 0 saturated heterocycles. The van der Waals surface area contributed by atoms with Crippen molar-refractivity contribution in [2.75, 3.05) is 0 Å². The van der Waals surface area contributed by atoms with Gasteiger partial charge in [0.05, 0.1) is 35.7 Å². The average Bonchev–Trinajstić information content (AvgIpc) is 3.50. The summed E-state index contributed by atoms with van der Waals surface area (Å²) in [5.74, 6) is -2.22. The fraction of sp³-hybridized carbons (Fsp3) is 0.280. The fourth-order valence-corrected chi connectivity index (χ4v) is 4.22. The van der Waals surface area contributed by atoms with E-state index in [-0.39, 0.29) is 12.1 Å². The number of carbonyl (C=O) groups excluding carboxylic acids is 1. The number of hydrogen-bond acceptors (Lipinski definition) is 5. The number of nitrogens with one attached hydrogen (secondary N) is 1. The Balaban J connectivity index is 1.67. The van der Waals surface area contributed by atoms with E-state index < -0.39 is 29.2 Å². The lowest BCUT2D eigenvalue weighted by Gasteiger charge is -2.35. The minimum atomic E-state index is -1.97. The first-order valence-electron chi connectivity index (χ1n) is 11.4. The van der Waals surface area contributed by atoms with Crippen molar-refractivity contribution in [1.82, 2.24) is 29.9 Å². The molecule has 0 aliphatic heterocycles. The third-order valence-corrected chi connectivity index (χ3v) is 6.25. The Hall–Kier alpha value is -3.63. The Morgan fingerprint density at radius 2 is 1.94 bits per heavy atom. The van der Waals surface area contributed by atoms with Crippen molar-refractivity contribution in [3.8, 4) is 5.69 Å². The molecule has 0 radical (unpaired) electrons. The highest BCUT2D eigenvalue weighted by atomic mass is 35.5. The number of aromatic nitrogens is 5. The minimum Gasteiger partial charge on any atom is -0.381 e. The zero-order valence-electron chi connectivity index (χ0n) is 19.7. The second-order valence-electron chi connectivity index (χ2n) is 8.48. The third-order valence-electron chi connectivity index (χ3n) is 6.00. The Labute approximate surface area is 211 Å². The molecule has 0 aliphatic carbocycles. The molecular formula is C25H25ClF2N6O2. The van der Waals surface area contributed by atoms with E-state index in [1.165, 1.54) is 23.5 Å². The molecule has 11 heteroatoms. The normalized spacial score (nSPS) is 13.8. The lowest BCUT2D eigenvalue weighted by atomic mass is 9.86. The summed E-state index contributed by atoms with van der Waals surface area (Å²) in [4.78, 5) is 17.2. The number of benzene rings is 2. The number of amides is 1. The van der Waals surface area contributed by atoms with Crippen LogP contribution in [0, 0.1) is 11.6 Å². The molecule has 4 rings (SSSR count). The molecule has 0 aliphatic rings. The van der Waals surface area contributed by atoms with Crippen LogP contribution in [-0.4, -0.2) is 41.6 Å². The average molecular weight is 515 g/mol. The van der Waals surface area contributed by atoms with Gasteiger partial charge in [0.2, 0.25) is 0 Å². The lowest BCUT2D eigenvalue weighted by Crippen LogP contribution is -2.52. The Morgan fingerprint density at radius 3 is 2.58 bits per heavy atom. The number of halogens is 3. The maximum absolute atomic E-state index is 14.8. The molecule has 8 nitrogen and oxygen atoms in total. The molecule has 2 N–H and O–H groups in total. The third kappa shape index (κ3) is 5.14. The summed E-state index contributed by atoms with van der Waals surface area (Å²) >= 11 is 6.00. The molecule has 0 spiro atoms. The van der Waals surface area contributed by atoms with Gasteiger partial charge in [-0.25, -0.2) is 23.1 Å². The van der Waals surface area contributed by atoms with Crippen molar-refractivity contribution in [2.45, 2.75) is 44.9 Å². The van der Waals surface area contributed by atoms with E-state index in [9.17, 15) is 18.7 Å². The van der Waals surface area contributed by atoms with E-state index in [1.54, 1.807) is 35.9 Å². The molecule has 2 aromatic heterocycles. The van der Waals surface area contributed by atoms with Crippen molar-refractivity contribution >= 4 is 17.5 Å². The van der Waals surface area contributed by atoms with E-state index in [4.69, 9.17) is 11.6 Å². The molecule has 188 valence electrons. The molecular weight excluding hydrogens is 490 g/mol. The van der Waals surface area contributed by atoms with Gasteiger partial charge in [-0.3, -0.25) is 4.79 Å². The van der Waals surface area contributed by atoms with E-state index in [0.717, 1.165) is 24.2 Å². The first-order valence-corrected chi connectivity index (χ1v) is 11.7. The predicted octanol–water partition coefficient (Wildman–Crippen LogP) is 4.05. The summed E-state index contributed by atoms with van der Waals surface area (Å²) in [6, 6.07) is 8.95. The van der Waals surface area contributed by atoms with Crippen molar-refractivity contribution < 1.29 is 18.7 Å². The van der Waals surface area contributed by atoms with Gasteiger partial charge < -0.3 is 10.4 Å². The van der Waals surface area contributed by atoms with Crippen molar-refractivity contribution in [3.05, 3.63) is 94.8 Å². The Bertz CT molecular complexity index is 1340. The van der Waals surface area contributed by atoms with Gasteiger partial charge in [-0.15, -0.1) is 0 Å². The van der Waals surface area contributed by atoms with Crippen LogP contribution >= 0.6 is 11.6 Å². The van der Waals surface area contributed by atoms with Crippen LogP contribution in [-0.2, 0) is 18.6 Å². The summed E-state index contributed by atoms with van der Waals surface area (Å²) in [5.41, 5.74) is -0.416. The van der Waals surface area contributed by atoms with Crippen LogP contribution in [0.1, 0.15) is 41.9 Å². The van der Waals surface area contributed by atoms with Gasteiger partial charge in [0, 0.05) is 16.7 Å². The highest BCUT2D eigenvalue weighted by Gasteiger charge is 2.40. The van der Waals surface area contributed by atoms with Gasteiger partial charge in [0.25, 0.3) is 5.91 Å². The van der Waals surface area contributed by atoms with Crippen molar-refractivity contribution in [1.29, 1.82) is 0 Å². The van der Waals surface area contributed by atoms with Crippen LogP contribution < -0.4 is 5.32 Å². The summed E-state index contributed by atoms with van der Waals surface area (Å²) in [6.45, 7) is 3.29. The van der Waals surface area contributed by atoms with Crippen LogP contribution in [0.25, 0.3) is 5.69 Å². The van der Waals surface area contributed by atoms with E-state index in [1.807, 2.05) is 6.92 Å². The van der Waals surface area contributed by atoms with E-state index >= 15 is 0 Å².